The van der Waals surface area contributed by atoms with Crippen LogP contribution in [0, 0.1) is 0 Å². The summed E-state index contributed by atoms with van der Waals surface area (Å²) in [6.45, 7) is 3.97. The molecule has 5 rings (SSSR count). The van der Waals surface area contributed by atoms with Gasteiger partial charge in [-0.3, -0.25) is 14.5 Å². The lowest BCUT2D eigenvalue weighted by Crippen LogP contribution is -2.29. The number of aliphatic hydroxyl groups excluding tert-OH is 1. The van der Waals surface area contributed by atoms with Crippen molar-refractivity contribution >= 4 is 68.9 Å². The molecule has 4 aromatic rings. The van der Waals surface area contributed by atoms with Crippen LogP contribution in [0.1, 0.15) is 22.7 Å². The zero-order valence-electron chi connectivity index (χ0n) is 22.1. The zero-order valence-corrected chi connectivity index (χ0v) is 25.3. The molecule has 12 heteroatoms. The van der Waals surface area contributed by atoms with Crippen molar-refractivity contribution in [3.63, 3.8) is 0 Å². The van der Waals surface area contributed by atoms with Gasteiger partial charge in [0.05, 0.1) is 18.7 Å². The molecule has 42 heavy (non-hydrogen) atoms. The van der Waals surface area contributed by atoms with Crippen LogP contribution in [0.4, 0.5) is 5.13 Å². The van der Waals surface area contributed by atoms with Crippen LogP contribution in [0.5, 0.6) is 11.5 Å². The quantitative estimate of drug-likeness (QED) is 0.0480. The third-order valence-corrected chi connectivity index (χ3v) is 9.03. The van der Waals surface area contributed by atoms with Gasteiger partial charge >= 0.3 is 5.91 Å². The van der Waals surface area contributed by atoms with Gasteiger partial charge in [-0.15, -0.1) is 10.2 Å². The number of nitrogens with zero attached hydrogens (tertiary/aromatic N) is 3. The molecule has 1 saturated heterocycles. The zero-order chi connectivity index (χ0) is 29.8. The molecule has 1 fully saturated rings. The van der Waals surface area contributed by atoms with Gasteiger partial charge in [0.15, 0.2) is 4.34 Å². The van der Waals surface area contributed by atoms with Gasteiger partial charge in [-0.25, -0.2) is 0 Å². The highest BCUT2D eigenvalue weighted by Crippen LogP contribution is 2.44. The molecule has 1 amide bonds. The lowest BCUT2D eigenvalue weighted by Gasteiger charge is -2.22. The maximum atomic E-state index is 13.5. The Bertz CT molecular complexity index is 1670. The number of carbonyl (C=O) groups is 2. The Balaban J connectivity index is 1.52. The van der Waals surface area contributed by atoms with Crippen molar-refractivity contribution in [2.45, 2.75) is 16.1 Å². The highest BCUT2D eigenvalue weighted by Gasteiger charge is 2.48. The Morgan fingerprint density at radius 2 is 1.79 bits per heavy atom. The number of anilines is 1. The third kappa shape index (κ3) is 6.17. The number of rotatable bonds is 10. The van der Waals surface area contributed by atoms with Crippen molar-refractivity contribution in [1.82, 2.24) is 10.2 Å². The first kappa shape index (κ1) is 29.7. The maximum Gasteiger partial charge on any atom is 0.301 e. The van der Waals surface area contributed by atoms with Gasteiger partial charge in [-0.05, 0) is 59.7 Å². The Morgan fingerprint density at radius 3 is 2.45 bits per heavy atom. The molecule has 1 aliphatic rings. The molecular weight excluding hydrogens is 617 g/mol. The van der Waals surface area contributed by atoms with Crippen molar-refractivity contribution in [1.29, 1.82) is 0 Å². The SMILES string of the molecule is C=CCOc1ccc(C2/C(=C(/O)c3ccc(OC)cc3)C(=O)C(=O)N2c2nnc(SCc3ccc(Cl)cc3Cl)s2)cc1. The van der Waals surface area contributed by atoms with E-state index in [4.69, 9.17) is 32.7 Å². The number of hydrogen-bond donors (Lipinski definition) is 1. The highest BCUT2D eigenvalue weighted by molar-refractivity contribution is 8.00. The highest BCUT2D eigenvalue weighted by atomic mass is 35.5. The topological polar surface area (TPSA) is 102 Å². The van der Waals surface area contributed by atoms with E-state index in [1.165, 1.54) is 23.8 Å². The van der Waals surface area contributed by atoms with Gasteiger partial charge in [0.1, 0.15) is 23.9 Å². The Hall–Kier alpha value is -3.83. The minimum atomic E-state index is -0.961. The molecule has 8 nitrogen and oxygen atoms in total. The summed E-state index contributed by atoms with van der Waals surface area (Å²) < 4.78 is 11.4. The number of hydrogen-bond acceptors (Lipinski definition) is 9. The number of aliphatic hydroxyl groups is 1. The summed E-state index contributed by atoms with van der Waals surface area (Å²) in [7, 11) is 1.53. The van der Waals surface area contributed by atoms with Crippen LogP contribution < -0.4 is 14.4 Å². The minimum Gasteiger partial charge on any atom is -0.507 e. The molecule has 1 aliphatic heterocycles. The molecule has 1 atom stereocenters. The summed E-state index contributed by atoms with van der Waals surface area (Å²) in [5.41, 5.74) is 1.73. The second-order valence-corrected chi connectivity index (χ2v) is 12.0. The molecule has 1 aromatic heterocycles. The van der Waals surface area contributed by atoms with Crippen molar-refractivity contribution < 1.29 is 24.2 Å². The van der Waals surface area contributed by atoms with E-state index < -0.39 is 17.7 Å². The van der Waals surface area contributed by atoms with E-state index in [0.29, 0.717) is 49.4 Å². The molecule has 0 radical (unpaired) electrons. The standard InChI is InChI=1S/C30H23Cl2N3O5S2/c1-3-14-40-22-12-5-17(6-13-22)25-24(26(36)18-7-10-21(39-2)11-8-18)27(37)28(38)35(25)29-33-34-30(42-29)41-16-19-4-9-20(31)15-23(19)32/h3-13,15,25,36H,1,14,16H2,2H3/b26-24-. The molecular formula is C30H23Cl2N3O5S2. The fourth-order valence-corrected chi connectivity index (χ4v) is 6.71. The predicted octanol–water partition coefficient (Wildman–Crippen LogP) is 7.34. The van der Waals surface area contributed by atoms with Crippen LogP contribution in [0.25, 0.3) is 5.76 Å². The number of methoxy groups -OCH3 is 1. The van der Waals surface area contributed by atoms with Crippen molar-refractivity contribution in [3.8, 4) is 11.5 Å². The normalized spacial score (nSPS) is 16.1. The summed E-state index contributed by atoms with van der Waals surface area (Å²) >= 11 is 14.9. The van der Waals surface area contributed by atoms with E-state index in [1.807, 2.05) is 6.07 Å². The van der Waals surface area contributed by atoms with Gasteiger partial charge in [-0.2, -0.15) is 0 Å². The molecule has 2 heterocycles. The molecule has 0 spiro atoms. The summed E-state index contributed by atoms with van der Waals surface area (Å²) in [5, 5.41) is 21.1. The largest absolute Gasteiger partial charge is 0.507 e. The number of halogens is 2. The van der Waals surface area contributed by atoms with Gasteiger partial charge < -0.3 is 14.6 Å². The number of Topliss-reactive ketones (excluding diaryl/α,β-unsaturated/α-hetero) is 1. The fraction of sp³-hybridized carbons (Fsp3) is 0.133. The number of thioether (sulfide) groups is 1. The van der Waals surface area contributed by atoms with Gasteiger partial charge in [0.2, 0.25) is 5.13 Å². The van der Waals surface area contributed by atoms with Crippen molar-refractivity contribution in [2.75, 3.05) is 18.6 Å². The Morgan fingerprint density at radius 1 is 1.07 bits per heavy atom. The van der Waals surface area contributed by atoms with Crippen LogP contribution in [-0.2, 0) is 15.3 Å². The summed E-state index contributed by atoms with van der Waals surface area (Å²) in [5.74, 6) is -0.310. The van der Waals surface area contributed by atoms with Crippen LogP contribution in [0.15, 0.2) is 89.3 Å². The Labute approximate surface area is 260 Å². The molecule has 0 aliphatic carbocycles. The van der Waals surface area contributed by atoms with Crippen LogP contribution >= 0.6 is 46.3 Å². The molecule has 1 unspecified atom stereocenters. The second-order valence-electron chi connectivity index (χ2n) is 8.94. The fourth-order valence-electron chi connectivity index (χ4n) is 4.29. The van der Waals surface area contributed by atoms with Crippen molar-refractivity contribution in [2.24, 2.45) is 0 Å². The van der Waals surface area contributed by atoms with E-state index in [9.17, 15) is 14.7 Å². The lowest BCUT2D eigenvalue weighted by molar-refractivity contribution is -0.132. The number of carbonyl (C=O) groups excluding carboxylic acids is 2. The molecule has 0 saturated carbocycles. The summed E-state index contributed by atoms with van der Waals surface area (Å²) in [6, 6.07) is 17.8. The van der Waals surface area contributed by atoms with Gasteiger partial charge in [0, 0.05) is 21.4 Å². The number of ketones is 1. The third-order valence-electron chi connectivity index (χ3n) is 6.34. The predicted molar refractivity (Wildman–Crippen MR) is 166 cm³/mol. The minimum absolute atomic E-state index is 0.0673. The number of aromatic nitrogens is 2. The first-order chi connectivity index (χ1) is 20.3. The summed E-state index contributed by atoms with van der Waals surface area (Å²) in [6.07, 6.45) is 1.63. The first-order valence-corrected chi connectivity index (χ1v) is 15.1. The average Bonchev–Trinajstić information content (AvgIpc) is 3.57. The monoisotopic (exact) mass is 639 g/mol. The van der Waals surface area contributed by atoms with E-state index in [1.54, 1.807) is 66.7 Å². The van der Waals surface area contributed by atoms with E-state index >= 15 is 0 Å². The van der Waals surface area contributed by atoms with E-state index in [2.05, 4.69) is 16.8 Å². The number of amides is 1. The number of benzene rings is 3. The Kier molecular flexibility index (Phi) is 9.18. The smallest absolute Gasteiger partial charge is 0.301 e. The van der Waals surface area contributed by atoms with Gasteiger partial charge in [0.25, 0.3) is 5.78 Å². The van der Waals surface area contributed by atoms with Crippen molar-refractivity contribution in [3.05, 3.63) is 112 Å². The van der Waals surface area contributed by atoms with Gasteiger partial charge in [-0.1, -0.05) is 77.2 Å². The van der Waals surface area contributed by atoms with Crippen LogP contribution in [-0.4, -0.2) is 40.7 Å². The number of ether oxygens (including phenoxy) is 2. The summed E-state index contributed by atoms with van der Waals surface area (Å²) in [4.78, 5) is 28.2. The lowest BCUT2D eigenvalue weighted by atomic mass is 9.95. The molecule has 214 valence electrons. The van der Waals surface area contributed by atoms with E-state index in [0.717, 1.165) is 16.9 Å². The van der Waals surface area contributed by atoms with E-state index in [-0.39, 0.29) is 16.5 Å². The van der Waals surface area contributed by atoms with Crippen LogP contribution in [0.2, 0.25) is 10.0 Å². The maximum absolute atomic E-state index is 13.5. The van der Waals surface area contributed by atoms with Crippen LogP contribution in [0.3, 0.4) is 0 Å². The second kappa shape index (κ2) is 13.0. The molecule has 3 aromatic carbocycles. The molecule has 0 bridgehead atoms. The molecule has 1 N–H and O–H groups in total. The first-order valence-electron chi connectivity index (χ1n) is 12.5. The average molecular weight is 641 g/mol.